The summed E-state index contributed by atoms with van der Waals surface area (Å²) in [7, 11) is 1.55. The highest BCUT2D eigenvalue weighted by molar-refractivity contribution is 6.06. The van der Waals surface area contributed by atoms with Crippen molar-refractivity contribution in [2.45, 2.75) is 51.6 Å². The third kappa shape index (κ3) is 6.69. The van der Waals surface area contributed by atoms with Crippen molar-refractivity contribution in [1.29, 1.82) is 0 Å². The number of carboxylic acid groups (broad SMARTS) is 1. The quantitative estimate of drug-likeness (QED) is 0.151. The third-order valence-electron chi connectivity index (χ3n) is 9.37. The first kappa shape index (κ1) is 35.4. The summed E-state index contributed by atoms with van der Waals surface area (Å²) in [6, 6.07) is 12.9. The van der Waals surface area contributed by atoms with Crippen LogP contribution in [0.2, 0.25) is 0 Å². The lowest BCUT2D eigenvalue weighted by molar-refractivity contribution is -0.137. The van der Waals surface area contributed by atoms with Crippen LogP contribution in [0.3, 0.4) is 0 Å². The number of phenols is 2. The van der Waals surface area contributed by atoms with Gasteiger partial charge in [-0.3, -0.25) is 29.4 Å². The predicted molar refractivity (Wildman–Crippen MR) is 185 cm³/mol. The highest BCUT2D eigenvalue weighted by Gasteiger charge is 2.40. The Kier molecular flexibility index (Phi) is 9.56. The van der Waals surface area contributed by atoms with Crippen molar-refractivity contribution in [3.8, 4) is 34.6 Å². The second-order valence-corrected chi connectivity index (χ2v) is 13.0. The number of amides is 5. The lowest BCUT2D eigenvalue weighted by Crippen LogP contribution is -2.52. The average Bonchev–Trinajstić information content (AvgIpc) is 3.64. The van der Waals surface area contributed by atoms with Crippen LogP contribution in [-0.4, -0.2) is 101 Å². The zero-order chi connectivity index (χ0) is 37.4. The minimum Gasteiger partial charge on any atom is -0.508 e. The first-order valence-electron chi connectivity index (χ1n) is 16.6. The highest BCUT2D eigenvalue weighted by atomic mass is 16.4. The van der Waals surface area contributed by atoms with Crippen LogP contribution in [0.15, 0.2) is 54.6 Å². The van der Waals surface area contributed by atoms with Gasteiger partial charge in [-0.2, -0.15) is 0 Å². The highest BCUT2D eigenvalue weighted by Crippen LogP contribution is 2.39. The fourth-order valence-corrected chi connectivity index (χ4v) is 6.51. The van der Waals surface area contributed by atoms with Gasteiger partial charge in [0, 0.05) is 50.3 Å². The molecule has 2 aliphatic heterocycles. The van der Waals surface area contributed by atoms with Gasteiger partial charge in [0.2, 0.25) is 17.7 Å². The molecule has 6 rings (SSSR count). The van der Waals surface area contributed by atoms with Gasteiger partial charge < -0.3 is 30.2 Å². The molecule has 16 heteroatoms. The van der Waals surface area contributed by atoms with Crippen molar-refractivity contribution in [2.75, 3.05) is 25.0 Å². The van der Waals surface area contributed by atoms with Crippen LogP contribution < -0.4 is 10.2 Å². The minimum atomic E-state index is -1.28. The standard InChI is InChI=1S/C36H37N7O9/c1-19(2)23-16-24(29(45)17-28(23)44)32-38-39-35(50)43(32)21-9-7-20(8-10-21)15-31(47)40(3)13-14-41(36(51)52)26-6-4-5-22-25(26)18-42(34(22)49)27-11-12-30(46)37-33(27)48/h4-10,16-17,19,27,44-45H,11-15,18H2,1-3H3,(H,39,50)(H,51,52)(H,37,46,48). The summed E-state index contributed by atoms with van der Waals surface area (Å²) < 4.78 is 1.33. The molecule has 16 nitrogen and oxygen atoms in total. The van der Waals surface area contributed by atoms with Crippen LogP contribution in [0.4, 0.5) is 10.5 Å². The Morgan fingerprint density at radius 3 is 2.37 bits per heavy atom. The van der Waals surface area contributed by atoms with E-state index in [9.17, 15) is 44.4 Å². The number of carbonyl (C=O) groups excluding carboxylic acids is 4. The molecule has 0 saturated carbocycles. The van der Waals surface area contributed by atoms with Crippen LogP contribution in [-0.2, 0) is 27.3 Å². The van der Waals surface area contributed by atoms with E-state index in [1.165, 1.54) is 20.4 Å². The van der Waals surface area contributed by atoms with E-state index < -0.39 is 35.9 Å². The molecular weight excluding hydrogens is 674 g/mol. The maximum atomic E-state index is 13.2. The van der Waals surface area contributed by atoms with Crippen molar-refractivity contribution in [3.05, 3.63) is 76.9 Å². The number of carbonyl (C=O) groups is 5. The van der Waals surface area contributed by atoms with E-state index >= 15 is 0 Å². The second kappa shape index (κ2) is 14.0. The van der Waals surface area contributed by atoms with Crippen molar-refractivity contribution >= 4 is 35.4 Å². The number of anilines is 1. The van der Waals surface area contributed by atoms with Gasteiger partial charge in [0.25, 0.3) is 5.91 Å². The number of benzene rings is 3. The SMILES string of the molecule is CC(C)c1cc(-c2nnc(O)n2-c2ccc(CC(=O)N(C)CCN(C(=O)O)c3cccc4c3CN(C3CCC(=O)NC3=O)C4=O)cc2)c(O)cc1O. The molecule has 52 heavy (non-hydrogen) atoms. The smallest absolute Gasteiger partial charge is 0.411 e. The summed E-state index contributed by atoms with van der Waals surface area (Å²) in [4.78, 5) is 66.9. The molecule has 1 unspecified atom stereocenters. The second-order valence-electron chi connectivity index (χ2n) is 13.0. The van der Waals surface area contributed by atoms with Crippen molar-refractivity contribution in [1.82, 2.24) is 29.9 Å². The van der Waals surface area contributed by atoms with Crippen molar-refractivity contribution in [2.24, 2.45) is 0 Å². The Balaban J connectivity index is 1.13. The predicted octanol–water partition coefficient (Wildman–Crippen LogP) is 3.12. The number of nitrogens with zero attached hydrogens (tertiary/aromatic N) is 6. The lowest BCUT2D eigenvalue weighted by atomic mass is 9.98. The molecule has 1 saturated heterocycles. The Morgan fingerprint density at radius 1 is 0.962 bits per heavy atom. The first-order chi connectivity index (χ1) is 24.7. The van der Waals surface area contributed by atoms with Gasteiger partial charge in [0.1, 0.15) is 17.5 Å². The van der Waals surface area contributed by atoms with E-state index in [2.05, 4.69) is 15.5 Å². The van der Waals surface area contributed by atoms with E-state index in [1.807, 2.05) is 13.8 Å². The molecule has 4 aromatic rings. The minimum absolute atomic E-state index is 0.00531. The van der Waals surface area contributed by atoms with E-state index in [-0.39, 0.29) is 84.9 Å². The van der Waals surface area contributed by atoms with Crippen LogP contribution in [0.1, 0.15) is 59.7 Å². The van der Waals surface area contributed by atoms with Gasteiger partial charge in [-0.25, -0.2) is 9.36 Å². The van der Waals surface area contributed by atoms with Gasteiger partial charge in [-0.1, -0.05) is 37.1 Å². The molecule has 270 valence electrons. The van der Waals surface area contributed by atoms with Gasteiger partial charge in [0.15, 0.2) is 5.82 Å². The maximum Gasteiger partial charge on any atom is 0.411 e. The molecule has 5 amide bonds. The summed E-state index contributed by atoms with van der Waals surface area (Å²) in [6.07, 6.45) is -1.04. The van der Waals surface area contributed by atoms with Gasteiger partial charge >= 0.3 is 12.1 Å². The van der Waals surface area contributed by atoms with Crippen LogP contribution in [0.5, 0.6) is 17.5 Å². The molecule has 0 aliphatic carbocycles. The number of rotatable bonds is 10. The van der Waals surface area contributed by atoms with Crippen LogP contribution >= 0.6 is 0 Å². The zero-order valence-corrected chi connectivity index (χ0v) is 28.6. The van der Waals surface area contributed by atoms with Gasteiger partial charge in [-0.15, -0.1) is 5.10 Å². The normalized spacial score (nSPS) is 15.5. The molecule has 5 N–H and O–H groups in total. The summed E-state index contributed by atoms with van der Waals surface area (Å²) >= 11 is 0. The van der Waals surface area contributed by atoms with E-state index in [0.717, 1.165) is 4.90 Å². The molecule has 0 spiro atoms. The molecule has 3 aromatic carbocycles. The fourth-order valence-electron chi connectivity index (χ4n) is 6.51. The zero-order valence-electron chi connectivity index (χ0n) is 28.6. The number of fused-ring (bicyclic) bond motifs is 1. The monoisotopic (exact) mass is 711 g/mol. The molecule has 1 aromatic heterocycles. The van der Waals surface area contributed by atoms with E-state index in [0.29, 0.717) is 22.4 Å². The largest absolute Gasteiger partial charge is 0.508 e. The molecule has 0 bridgehead atoms. The number of hydrogen-bond acceptors (Lipinski definition) is 10. The average molecular weight is 712 g/mol. The molecule has 1 fully saturated rings. The molecule has 3 heterocycles. The molecule has 0 radical (unpaired) electrons. The van der Waals surface area contributed by atoms with Crippen LogP contribution in [0.25, 0.3) is 17.1 Å². The van der Waals surface area contributed by atoms with Crippen LogP contribution in [0, 0.1) is 0 Å². The number of phenolic OH excluding ortho intramolecular Hbond substituents is 2. The van der Waals surface area contributed by atoms with E-state index in [4.69, 9.17) is 0 Å². The molecular formula is C36H37N7O9. The molecule has 1 atom stereocenters. The number of piperidine rings is 1. The fraction of sp³-hybridized carbons (Fsp3) is 0.306. The molecule has 2 aliphatic rings. The maximum absolute atomic E-state index is 13.2. The lowest BCUT2D eigenvalue weighted by Gasteiger charge is -2.29. The number of nitrogens with one attached hydrogen (secondary N) is 1. The third-order valence-corrected chi connectivity index (χ3v) is 9.37. The van der Waals surface area contributed by atoms with E-state index in [1.54, 1.807) is 55.6 Å². The Morgan fingerprint density at radius 2 is 1.69 bits per heavy atom. The number of aromatic hydroxyl groups is 3. The number of likely N-dealkylation sites (N-methyl/N-ethyl adjacent to an activating group) is 1. The van der Waals surface area contributed by atoms with Gasteiger partial charge in [-0.05, 0) is 53.8 Å². The Labute approximate surface area is 297 Å². The Bertz CT molecular complexity index is 2090. The topological polar surface area (TPSA) is 219 Å². The summed E-state index contributed by atoms with van der Waals surface area (Å²) in [6.45, 7) is 3.70. The first-order valence-corrected chi connectivity index (χ1v) is 16.6. The van der Waals surface area contributed by atoms with Crippen molar-refractivity contribution in [3.63, 3.8) is 0 Å². The Hall–Kier alpha value is -6.45. The number of aromatic nitrogens is 3. The summed E-state index contributed by atoms with van der Waals surface area (Å²) in [5.41, 5.74) is 2.89. The summed E-state index contributed by atoms with van der Waals surface area (Å²) in [5.74, 6) is -1.94. The van der Waals surface area contributed by atoms with Gasteiger partial charge in [0.05, 0.1) is 23.4 Å². The van der Waals surface area contributed by atoms with Crippen molar-refractivity contribution < 1.29 is 44.4 Å². The number of imide groups is 1. The number of hydrogen-bond donors (Lipinski definition) is 5. The summed E-state index contributed by atoms with van der Waals surface area (Å²) in [5, 5.41) is 51.6.